The zero-order valence-corrected chi connectivity index (χ0v) is 11.9. The van der Waals surface area contributed by atoms with Gasteiger partial charge in [-0.2, -0.15) is 0 Å². The van der Waals surface area contributed by atoms with Crippen LogP contribution in [0.25, 0.3) is 11.1 Å². The molecule has 0 bridgehead atoms. The second kappa shape index (κ2) is 5.22. The molecule has 18 heavy (non-hydrogen) atoms. The van der Waals surface area contributed by atoms with Crippen molar-refractivity contribution < 1.29 is 8.42 Å². The van der Waals surface area contributed by atoms with Crippen molar-refractivity contribution in [3.63, 3.8) is 0 Å². The van der Waals surface area contributed by atoms with Crippen LogP contribution >= 0.6 is 15.9 Å². The average Bonchev–Trinajstić information content (AvgIpc) is 2.38. The molecule has 0 aromatic heterocycles. The van der Waals surface area contributed by atoms with Crippen molar-refractivity contribution in [2.75, 3.05) is 0 Å². The predicted molar refractivity (Wildman–Crippen MR) is 75.9 cm³/mol. The van der Waals surface area contributed by atoms with Crippen LogP contribution < -0.4 is 5.14 Å². The summed E-state index contributed by atoms with van der Waals surface area (Å²) >= 11 is 3.37. The van der Waals surface area contributed by atoms with Crippen LogP contribution in [0.4, 0.5) is 0 Å². The molecule has 0 aliphatic carbocycles. The number of alkyl halides is 1. The first-order valence-electron chi connectivity index (χ1n) is 5.29. The van der Waals surface area contributed by atoms with Gasteiger partial charge in [0.25, 0.3) is 0 Å². The molecule has 0 aliphatic heterocycles. The molecule has 0 saturated carbocycles. The molecule has 0 spiro atoms. The SMILES string of the molecule is NS(=O)(=O)c1ccccc1-c1ccc(CBr)cc1. The summed E-state index contributed by atoms with van der Waals surface area (Å²) in [5.41, 5.74) is 2.59. The Labute approximate surface area is 115 Å². The lowest BCUT2D eigenvalue weighted by Gasteiger charge is -2.08. The van der Waals surface area contributed by atoms with Gasteiger partial charge < -0.3 is 0 Å². The Kier molecular flexibility index (Phi) is 3.85. The van der Waals surface area contributed by atoms with Crippen LogP contribution in [0.5, 0.6) is 0 Å². The van der Waals surface area contributed by atoms with E-state index in [9.17, 15) is 8.42 Å². The normalized spacial score (nSPS) is 11.4. The van der Waals surface area contributed by atoms with Crippen molar-refractivity contribution in [2.45, 2.75) is 10.2 Å². The van der Waals surface area contributed by atoms with Crippen molar-refractivity contribution in [1.82, 2.24) is 0 Å². The van der Waals surface area contributed by atoms with Gasteiger partial charge in [0, 0.05) is 10.9 Å². The molecule has 0 radical (unpaired) electrons. The van der Waals surface area contributed by atoms with Gasteiger partial charge in [-0.3, -0.25) is 0 Å². The fourth-order valence-corrected chi connectivity index (χ4v) is 2.86. The third kappa shape index (κ3) is 2.80. The molecule has 0 amide bonds. The number of hydrogen-bond acceptors (Lipinski definition) is 2. The Bertz CT molecular complexity index is 651. The van der Waals surface area contributed by atoms with E-state index in [1.807, 2.05) is 24.3 Å². The van der Waals surface area contributed by atoms with Gasteiger partial charge in [0.15, 0.2) is 0 Å². The van der Waals surface area contributed by atoms with Crippen LogP contribution in [-0.2, 0) is 15.4 Å². The summed E-state index contributed by atoms with van der Waals surface area (Å²) < 4.78 is 23.0. The van der Waals surface area contributed by atoms with E-state index >= 15 is 0 Å². The largest absolute Gasteiger partial charge is 0.238 e. The van der Waals surface area contributed by atoms with Gasteiger partial charge in [0.2, 0.25) is 10.0 Å². The Morgan fingerprint density at radius 2 is 1.61 bits per heavy atom. The van der Waals surface area contributed by atoms with Crippen LogP contribution in [0, 0.1) is 0 Å². The predicted octanol–water partition coefficient (Wildman–Crippen LogP) is 2.90. The molecule has 0 saturated heterocycles. The van der Waals surface area contributed by atoms with E-state index in [0.717, 1.165) is 16.5 Å². The zero-order valence-electron chi connectivity index (χ0n) is 9.51. The van der Waals surface area contributed by atoms with Gasteiger partial charge in [-0.1, -0.05) is 58.4 Å². The first-order chi connectivity index (χ1) is 8.52. The third-order valence-electron chi connectivity index (χ3n) is 2.61. The fraction of sp³-hybridized carbons (Fsp3) is 0.0769. The highest BCUT2D eigenvalue weighted by molar-refractivity contribution is 9.08. The van der Waals surface area contributed by atoms with Crippen molar-refractivity contribution >= 4 is 26.0 Å². The van der Waals surface area contributed by atoms with Crippen molar-refractivity contribution in [3.05, 3.63) is 54.1 Å². The summed E-state index contributed by atoms with van der Waals surface area (Å²) in [6.07, 6.45) is 0. The smallest absolute Gasteiger partial charge is 0.225 e. The van der Waals surface area contributed by atoms with Gasteiger partial charge in [-0.05, 0) is 17.2 Å². The minimum absolute atomic E-state index is 0.150. The fourth-order valence-electron chi connectivity index (χ4n) is 1.73. The van der Waals surface area contributed by atoms with Gasteiger partial charge in [-0.15, -0.1) is 0 Å². The Hall–Kier alpha value is -1.17. The molecule has 5 heteroatoms. The Morgan fingerprint density at radius 1 is 1.00 bits per heavy atom. The van der Waals surface area contributed by atoms with Gasteiger partial charge in [0.05, 0.1) is 4.90 Å². The first kappa shape index (κ1) is 13.3. The lowest BCUT2D eigenvalue weighted by Crippen LogP contribution is -2.13. The second-order valence-corrected chi connectivity index (χ2v) is 5.96. The number of halogens is 1. The maximum absolute atomic E-state index is 11.5. The highest BCUT2D eigenvalue weighted by Gasteiger charge is 2.14. The van der Waals surface area contributed by atoms with Crippen LogP contribution in [0.1, 0.15) is 5.56 Å². The summed E-state index contributed by atoms with van der Waals surface area (Å²) in [7, 11) is -3.71. The maximum Gasteiger partial charge on any atom is 0.238 e. The minimum atomic E-state index is -3.71. The lowest BCUT2D eigenvalue weighted by atomic mass is 10.0. The summed E-state index contributed by atoms with van der Waals surface area (Å²) in [6, 6.07) is 14.4. The molecule has 2 aromatic carbocycles. The molecule has 2 rings (SSSR count). The van der Waals surface area contributed by atoms with Crippen molar-refractivity contribution in [3.8, 4) is 11.1 Å². The monoisotopic (exact) mass is 325 g/mol. The van der Waals surface area contributed by atoms with E-state index < -0.39 is 10.0 Å². The van der Waals surface area contributed by atoms with Crippen LogP contribution in [0.15, 0.2) is 53.4 Å². The molecule has 0 atom stereocenters. The van der Waals surface area contributed by atoms with E-state index in [4.69, 9.17) is 5.14 Å². The van der Waals surface area contributed by atoms with Crippen molar-refractivity contribution in [1.29, 1.82) is 0 Å². The first-order valence-corrected chi connectivity index (χ1v) is 7.96. The summed E-state index contributed by atoms with van der Waals surface area (Å²) in [5, 5.41) is 5.98. The molecule has 0 unspecified atom stereocenters. The quantitative estimate of drug-likeness (QED) is 0.882. The summed E-state index contributed by atoms with van der Waals surface area (Å²) in [6.45, 7) is 0. The zero-order chi connectivity index (χ0) is 13.2. The summed E-state index contributed by atoms with van der Waals surface area (Å²) in [4.78, 5) is 0.150. The molecule has 94 valence electrons. The van der Waals surface area contributed by atoms with Crippen LogP contribution in [0.3, 0.4) is 0 Å². The molecule has 3 nitrogen and oxygen atoms in total. The number of sulfonamides is 1. The third-order valence-corrected chi connectivity index (χ3v) is 4.23. The second-order valence-electron chi connectivity index (χ2n) is 3.87. The standard InChI is InChI=1S/C13H12BrNO2S/c14-9-10-5-7-11(8-6-10)12-3-1-2-4-13(12)18(15,16)17/h1-8H,9H2,(H2,15,16,17). The number of rotatable bonds is 3. The Morgan fingerprint density at radius 3 is 2.17 bits per heavy atom. The van der Waals surface area contributed by atoms with E-state index in [0.29, 0.717) is 5.56 Å². The van der Waals surface area contributed by atoms with Gasteiger partial charge in [-0.25, -0.2) is 13.6 Å². The number of hydrogen-bond donors (Lipinski definition) is 1. The lowest BCUT2D eigenvalue weighted by molar-refractivity contribution is 0.598. The van der Waals surface area contributed by atoms with Crippen LogP contribution in [0.2, 0.25) is 0 Å². The molecule has 2 N–H and O–H groups in total. The number of nitrogens with two attached hydrogens (primary N) is 1. The van der Waals surface area contributed by atoms with Crippen molar-refractivity contribution in [2.24, 2.45) is 5.14 Å². The van der Waals surface area contributed by atoms with E-state index in [-0.39, 0.29) is 4.90 Å². The van der Waals surface area contributed by atoms with E-state index in [2.05, 4.69) is 15.9 Å². The number of benzene rings is 2. The van der Waals surface area contributed by atoms with Gasteiger partial charge in [0.1, 0.15) is 0 Å². The minimum Gasteiger partial charge on any atom is -0.225 e. The highest BCUT2D eigenvalue weighted by Crippen LogP contribution is 2.26. The van der Waals surface area contributed by atoms with Crippen LogP contribution in [-0.4, -0.2) is 8.42 Å². The van der Waals surface area contributed by atoms with E-state index in [1.54, 1.807) is 18.2 Å². The molecular weight excluding hydrogens is 314 g/mol. The summed E-state index contributed by atoms with van der Waals surface area (Å²) in [5.74, 6) is 0. The van der Waals surface area contributed by atoms with Gasteiger partial charge >= 0.3 is 0 Å². The highest BCUT2D eigenvalue weighted by atomic mass is 79.9. The molecule has 2 aromatic rings. The molecule has 0 heterocycles. The molecule has 0 fully saturated rings. The van der Waals surface area contributed by atoms with E-state index in [1.165, 1.54) is 6.07 Å². The topological polar surface area (TPSA) is 60.2 Å². The molecular formula is C13H12BrNO2S. The number of primary sulfonamides is 1. The average molecular weight is 326 g/mol. The Balaban J connectivity index is 2.57. The maximum atomic E-state index is 11.5. The molecule has 0 aliphatic rings.